The number of nitro groups is 1. The molecule has 0 atom stereocenters. The molecule has 0 fully saturated rings. The van der Waals surface area contributed by atoms with Crippen LogP contribution in [0, 0.1) is 10.1 Å². The predicted octanol–water partition coefficient (Wildman–Crippen LogP) is 2.43. The standard InChI is InChI=1S/C12H12N2O4/c1-17-10-3-4-11(18-2)12-9(10)7-8(13-12)5-6-14(15)16/h3-7,13H,1-2H3/b6-5+. The molecule has 2 aromatic rings. The Hall–Kier alpha value is -2.50. The van der Waals surface area contributed by atoms with Crippen molar-refractivity contribution < 1.29 is 14.4 Å². The van der Waals surface area contributed by atoms with Crippen LogP contribution in [-0.2, 0) is 0 Å². The number of fused-ring (bicyclic) bond motifs is 1. The third-order valence-corrected chi connectivity index (χ3v) is 2.55. The minimum atomic E-state index is -0.514. The summed E-state index contributed by atoms with van der Waals surface area (Å²) in [6, 6.07) is 5.34. The first-order chi connectivity index (χ1) is 8.65. The van der Waals surface area contributed by atoms with Gasteiger partial charge in [-0.05, 0) is 18.2 Å². The maximum Gasteiger partial charge on any atom is 0.236 e. The van der Waals surface area contributed by atoms with E-state index in [0.717, 1.165) is 17.1 Å². The smallest absolute Gasteiger partial charge is 0.236 e. The topological polar surface area (TPSA) is 77.4 Å². The number of aromatic nitrogens is 1. The molecule has 0 saturated carbocycles. The molecule has 18 heavy (non-hydrogen) atoms. The normalized spacial score (nSPS) is 11.0. The Morgan fingerprint density at radius 1 is 1.28 bits per heavy atom. The Kier molecular flexibility index (Phi) is 3.18. The Morgan fingerprint density at radius 2 is 1.94 bits per heavy atom. The van der Waals surface area contributed by atoms with Crippen molar-refractivity contribution in [2.45, 2.75) is 0 Å². The van der Waals surface area contributed by atoms with E-state index in [4.69, 9.17) is 9.47 Å². The molecule has 0 aliphatic rings. The minimum absolute atomic E-state index is 0.514. The van der Waals surface area contributed by atoms with Gasteiger partial charge in [-0.1, -0.05) is 0 Å². The minimum Gasteiger partial charge on any atom is -0.496 e. The number of ether oxygens (including phenoxy) is 2. The van der Waals surface area contributed by atoms with Crippen LogP contribution < -0.4 is 9.47 Å². The van der Waals surface area contributed by atoms with Crippen LogP contribution in [0.25, 0.3) is 17.0 Å². The highest BCUT2D eigenvalue weighted by atomic mass is 16.6. The molecule has 1 heterocycles. The molecule has 1 aromatic carbocycles. The lowest BCUT2D eigenvalue weighted by Crippen LogP contribution is -1.87. The van der Waals surface area contributed by atoms with E-state index in [1.54, 1.807) is 32.4 Å². The number of nitrogens with one attached hydrogen (secondary N) is 1. The Morgan fingerprint density at radius 3 is 2.56 bits per heavy atom. The summed E-state index contributed by atoms with van der Waals surface area (Å²) in [5.41, 5.74) is 1.37. The molecule has 6 nitrogen and oxygen atoms in total. The number of H-pyrrole nitrogens is 1. The van der Waals surface area contributed by atoms with Gasteiger partial charge in [-0.3, -0.25) is 10.1 Å². The van der Waals surface area contributed by atoms with E-state index in [1.165, 1.54) is 6.08 Å². The molecule has 1 aromatic heterocycles. The second kappa shape index (κ2) is 4.79. The number of methoxy groups -OCH3 is 2. The largest absolute Gasteiger partial charge is 0.496 e. The first-order valence-electron chi connectivity index (χ1n) is 5.21. The van der Waals surface area contributed by atoms with Crippen LogP contribution in [0.15, 0.2) is 24.4 Å². The number of rotatable bonds is 4. The van der Waals surface area contributed by atoms with E-state index in [1.807, 2.05) is 0 Å². The van der Waals surface area contributed by atoms with Crippen molar-refractivity contribution in [1.82, 2.24) is 4.98 Å². The maximum absolute atomic E-state index is 10.3. The number of nitrogens with zero attached hydrogens (tertiary/aromatic N) is 1. The summed E-state index contributed by atoms with van der Waals surface area (Å²) in [4.78, 5) is 12.8. The highest BCUT2D eigenvalue weighted by molar-refractivity contribution is 5.92. The second-order valence-electron chi connectivity index (χ2n) is 3.58. The third-order valence-electron chi connectivity index (χ3n) is 2.55. The molecule has 6 heteroatoms. The zero-order chi connectivity index (χ0) is 13.1. The van der Waals surface area contributed by atoms with E-state index in [9.17, 15) is 10.1 Å². The van der Waals surface area contributed by atoms with Crippen molar-refractivity contribution in [3.8, 4) is 11.5 Å². The van der Waals surface area contributed by atoms with Crippen molar-refractivity contribution in [1.29, 1.82) is 0 Å². The van der Waals surface area contributed by atoms with Crippen molar-refractivity contribution in [3.63, 3.8) is 0 Å². The molecule has 0 aliphatic heterocycles. The van der Waals surface area contributed by atoms with Gasteiger partial charge in [0, 0.05) is 17.2 Å². The molecule has 0 aliphatic carbocycles. The average molecular weight is 248 g/mol. The molecule has 0 unspecified atom stereocenters. The first kappa shape index (κ1) is 12.0. The summed E-state index contributed by atoms with van der Waals surface area (Å²) in [6.45, 7) is 0. The van der Waals surface area contributed by atoms with E-state index in [0.29, 0.717) is 17.2 Å². The lowest BCUT2D eigenvalue weighted by atomic mass is 10.2. The molecular weight excluding hydrogens is 236 g/mol. The van der Waals surface area contributed by atoms with Crippen LogP contribution in [0.5, 0.6) is 11.5 Å². The summed E-state index contributed by atoms with van der Waals surface area (Å²) in [6.07, 6.45) is 2.27. The zero-order valence-corrected chi connectivity index (χ0v) is 9.97. The SMILES string of the molecule is COc1ccc(OC)c2[nH]c(/C=C/[N+](=O)[O-])cc12. The van der Waals surface area contributed by atoms with Gasteiger partial charge in [0.05, 0.1) is 24.7 Å². The van der Waals surface area contributed by atoms with Crippen LogP contribution in [0.2, 0.25) is 0 Å². The third kappa shape index (κ3) is 2.13. The molecule has 0 saturated heterocycles. The summed E-state index contributed by atoms with van der Waals surface area (Å²) in [5.74, 6) is 1.34. The molecule has 0 spiro atoms. The molecule has 0 amide bonds. The van der Waals surface area contributed by atoms with Crippen molar-refractivity contribution >= 4 is 17.0 Å². The van der Waals surface area contributed by atoms with Gasteiger partial charge in [-0.25, -0.2) is 0 Å². The molecular formula is C12H12N2O4. The highest BCUT2D eigenvalue weighted by Gasteiger charge is 2.10. The average Bonchev–Trinajstić information content (AvgIpc) is 2.79. The lowest BCUT2D eigenvalue weighted by Gasteiger charge is -2.05. The fraction of sp³-hybridized carbons (Fsp3) is 0.167. The summed E-state index contributed by atoms with van der Waals surface area (Å²) in [5, 5.41) is 11.1. The van der Waals surface area contributed by atoms with Crippen LogP contribution in [0.4, 0.5) is 0 Å². The monoisotopic (exact) mass is 248 g/mol. The van der Waals surface area contributed by atoms with Crippen LogP contribution >= 0.6 is 0 Å². The maximum atomic E-state index is 10.3. The Bertz CT molecular complexity index is 575. The van der Waals surface area contributed by atoms with Gasteiger partial charge >= 0.3 is 0 Å². The molecule has 0 radical (unpaired) electrons. The second-order valence-corrected chi connectivity index (χ2v) is 3.58. The quantitative estimate of drug-likeness (QED) is 0.665. The summed E-state index contributed by atoms with van der Waals surface area (Å²) < 4.78 is 10.5. The van der Waals surface area contributed by atoms with Gasteiger partial charge in [-0.2, -0.15) is 0 Å². The van der Waals surface area contributed by atoms with Crippen molar-refractivity contribution in [3.05, 3.63) is 40.2 Å². The molecule has 94 valence electrons. The Balaban J connectivity index is 2.57. The number of hydrogen-bond acceptors (Lipinski definition) is 4. The first-order valence-corrected chi connectivity index (χ1v) is 5.21. The van der Waals surface area contributed by atoms with Gasteiger partial charge in [0.1, 0.15) is 11.5 Å². The lowest BCUT2D eigenvalue weighted by molar-refractivity contribution is -0.400. The number of hydrogen-bond donors (Lipinski definition) is 1. The van der Waals surface area contributed by atoms with Gasteiger partial charge in [0.2, 0.25) is 6.20 Å². The van der Waals surface area contributed by atoms with Gasteiger partial charge < -0.3 is 14.5 Å². The van der Waals surface area contributed by atoms with Gasteiger partial charge in [0.15, 0.2) is 0 Å². The van der Waals surface area contributed by atoms with Crippen molar-refractivity contribution in [2.24, 2.45) is 0 Å². The van der Waals surface area contributed by atoms with Crippen LogP contribution in [0.1, 0.15) is 5.69 Å². The highest BCUT2D eigenvalue weighted by Crippen LogP contribution is 2.33. The molecule has 2 rings (SSSR count). The van der Waals surface area contributed by atoms with Crippen LogP contribution in [-0.4, -0.2) is 24.1 Å². The molecule has 0 bridgehead atoms. The van der Waals surface area contributed by atoms with E-state index in [-0.39, 0.29) is 0 Å². The number of aromatic amines is 1. The van der Waals surface area contributed by atoms with E-state index >= 15 is 0 Å². The van der Waals surface area contributed by atoms with E-state index in [2.05, 4.69) is 4.98 Å². The van der Waals surface area contributed by atoms with Crippen LogP contribution in [0.3, 0.4) is 0 Å². The van der Waals surface area contributed by atoms with E-state index < -0.39 is 4.92 Å². The van der Waals surface area contributed by atoms with Gasteiger partial charge in [-0.15, -0.1) is 0 Å². The fourth-order valence-electron chi connectivity index (χ4n) is 1.77. The fourth-order valence-corrected chi connectivity index (χ4v) is 1.77. The number of benzene rings is 1. The van der Waals surface area contributed by atoms with Gasteiger partial charge in [0.25, 0.3) is 0 Å². The molecule has 1 N–H and O–H groups in total. The Labute approximate surface area is 103 Å². The summed E-state index contributed by atoms with van der Waals surface area (Å²) in [7, 11) is 3.13. The predicted molar refractivity (Wildman–Crippen MR) is 67.4 cm³/mol. The zero-order valence-electron chi connectivity index (χ0n) is 9.97. The summed E-state index contributed by atoms with van der Waals surface area (Å²) >= 11 is 0. The van der Waals surface area contributed by atoms with Crippen molar-refractivity contribution in [2.75, 3.05) is 14.2 Å².